The van der Waals surface area contributed by atoms with Crippen molar-refractivity contribution in [2.45, 2.75) is 13.3 Å². The fourth-order valence-corrected chi connectivity index (χ4v) is 1.04. The number of hydrogen-bond donors (Lipinski definition) is 1. The van der Waals surface area contributed by atoms with Gasteiger partial charge in [-0.25, -0.2) is 9.78 Å². The van der Waals surface area contributed by atoms with Gasteiger partial charge in [-0.05, 0) is 25.0 Å². The molecular weight excluding hydrogens is 220 g/mol. The van der Waals surface area contributed by atoms with E-state index in [1.807, 2.05) is 0 Å². The Labute approximate surface area is 99.0 Å². The molecule has 0 atom stereocenters. The number of nitrogens with two attached hydrogens (primary N) is 1. The van der Waals surface area contributed by atoms with E-state index in [0.717, 1.165) is 0 Å². The lowest BCUT2D eigenvalue weighted by molar-refractivity contribution is -0.117. The molecule has 0 aliphatic rings. The molecule has 0 aliphatic carbocycles. The van der Waals surface area contributed by atoms with E-state index in [0.29, 0.717) is 5.69 Å². The topological polar surface area (TPSA) is 82.3 Å². The molecule has 1 heterocycles. The van der Waals surface area contributed by atoms with Crippen molar-refractivity contribution in [3.05, 3.63) is 29.6 Å². The Hall–Kier alpha value is -2.35. The van der Waals surface area contributed by atoms with Crippen LogP contribution in [0.1, 0.15) is 29.5 Å². The quantitative estimate of drug-likeness (QED) is 0.607. The van der Waals surface area contributed by atoms with E-state index in [1.165, 1.54) is 6.07 Å². The second kappa shape index (κ2) is 6.28. The maximum Gasteiger partial charge on any atom is 0.356 e. The summed E-state index contributed by atoms with van der Waals surface area (Å²) in [5.41, 5.74) is 5.53. The second-order valence-electron chi connectivity index (χ2n) is 3.07. The van der Waals surface area contributed by atoms with E-state index in [2.05, 4.69) is 16.8 Å². The van der Waals surface area contributed by atoms with Crippen molar-refractivity contribution in [1.82, 2.24) is 4.98 Å². The predicted molar refractivity (Wildman–Crippen MR) is 60.9 cm³/mol. The highest BCUT2D eigenvalue weighted by Gasteiger charge is 2.07. The Balaban J connectivity index is 2.81. The van der Waals surface area contributed by atoms with Crippen molar-refractivity contribution in [3.63, 3.8) is 0 Å². The van der Waals surface area contributed by atoms with Gasteiger partial charge in [0.2, 0.25) is 5.91 Å². The molecule has 0 fully saturated rings. The van der Waals surface area contributed by atoms with Crippen molar-refractivity contribution in [1.29, 1.82) is 0 Å². The standard InChI is InChI=1S/C12H12N2O3/c1-2-17-12(16)10-7-3-5-9(14-10)6-4-8-11(13)15/h3,5,7H,2,8H2,1H3,(H2,13,15). The number of ether oxygens (including phenoxy) is 1. The number of pyridine rings is 1. The monoisotopic (exact) mass is 232 g/mol. The third-order valence-corrected chi connectivity index (χ3v) is 1.71. The molecule has 0 aromatic carbocycles. The SMILES string of the molecule is CCOC(=O)c1cccc(C#CCC(N)=O)n1. The van der Waals surface area contributed by atoms with Gasteiger partial charge in [0.1, 0.15) is 11.4 Å². The van der Waals surface area contributed by atoms with Gasteiger partial charge in [0.15, 0.2) is 0 Å². The van der Waals surface area contributed by atoms with E-state index >= 15 is 0 Å². The van der Waals surface area contributed by atoms with Gasteiger partial charge in [-0.2, -0.15) is 0 Å². The van der Waals surface area contributed by atoms with E-state index < -0.39 is 11.9 Å². The van der Waals surface area contributed by atoms with Gasteiger partial charge >= 0.3 is 5.97 Å². The number of nitrogens with zero attached hydrogens (tertiary/aromatic N) is 1. The smallest absolute Gasteiger partial charge is 0.356 e. The number of primary amides is 1. The maximum atomic E-state index is 11.4. The molecule has 5 heteroatoms. The fourth-order valence-electron chi connectivity index (χ4n) is 1.04. The largest absolute Gasteiger partial charge is 0.461 e. The molecule has 1 rings (SSSR count). The lowest BCUT2D eigenvalue weighted by atomic mass is 10.3. The van der Waals surface area contributed by atoms with Crippen LogP contribution < -0.4 is 5.73 Å². The summed E-state index contributed by atoms with van der Waals surface area (Å²) in [5.74, 6) is 4.21. The lowest BCUT2D eigenvalue weighted by Crippen LogP contribution is -2.08. The summed E-state index contributed by atoms with van der Waals surface area (Å²) in [6, 6.07) is 4.82. The maximum absolute atomic E-state index is 11.4. The van der Waals surface area contributed by atoms with Crippen molar-refractivity contribution in [3.8, 4) is 11.8 Å². The zero-order valence-electron chi connectivity index (χ0n) is 9.40. The average Bonchev–Trinajstić information content (AvgIpc) is 2.29. The minimum atomic E-state index is -0.501. The van der Waals surface area contributed by atoms with Gasteiger partial charge in [0, 0.05) is 0 Å². The highest BCUT2D eigenvalue weighted by molar-refractivity contribution is 5.87. The summed E-state index contributed by atoms with van der Waals surface area (Å²) in [4.78, 5) is 25.8. The first-order valence-electron chi connectivity index (χ1n) is 5.05. The molecule has 1 aromatic rings. The minimum Gasteiger partial charge on any atom is -0.461 e. The molecule has 0 radical (unpaired) electrons. The number of hydrogen-bond acceptors (Lipinski definition) is 4. The number of carbonyl (C=O) groups excluding carboxylic acids is 2. The molecule has 0 saturated heterocycles. The van der Waals surface area contributed by atoms with Crippen LogP contribution in [0, 0.1) is 11.8 Å². The predicted octanol–water partition coefficient (Wildman–Crippen LogP) is 0.485. The van der Waals surface area contributed by atoms with E-state index in [-0.39, 0.29) is 18.7 Å². The van der Waals surface area contributed by atoms with Gasteiger partial charge in [0.25, 0.3) is 0 Å². The first-order valence-corrected chi connectivity index (χ1v) is 5.05. The Kier molecular flexibility index (Phi) is 4.70. The summed E-state index contributed by atoms with van der Waals surface area (Å²) >= 11 is 0. The Bertz CT molecular complexity index is 486. The van der Waals surface area contributed by atoms with Crippen LogP contribution in [0.3, 0.4) is 0 Å². The van der Waals surface area contributed by atoms with Gasteiger partial charge in [-0.1, -0.05) is 12.0 Å². The Morgan fingerprint density at radius 3 is 2.88 bits per heavy atom. The number of carbonyl (C=O) groups is 2. The minimum absolute atomic E-state index is 0.0364. The molecule has 17 heavy (non-hydrogen) atoms. The number of esters is 1. The summed E-state index contributed by atoms with van der Waals surface area (Å²) in [7, 11) is 0. The van der Waals surface area contributed by atoms with Crippen LogP contribution in [-0.2, 0) is 9.53 Å². The lowest BCUT2D eigenvalue weighted by Gasteiger charge is -2.00. The number of amides is 1. The van der Waals surface area contributed by atoms with Gasteiger partial charge < -0.3 is 10.5 Å². The van der Waals surface area contributed by atoms with Crippen LogP contribution in [0.25, 0.3) is 0 Å². The molecule has 0 aliphatic heterocycles. The van der Waals surface area contributed by atoms with Crippen LogP contribution in [0.5, 0.6) is 0 Å². The molecule has 1 amide bonds. The highest BCUT2D eigenvalue weighted by Crippen LogP contribution is 2.00. The van der Waals surface area contributed by atoms with Gasteiger partial charge in [-0.15, -0.1) is 0 Å². The fraction of sp³-hybridized carbons (Fsp3) is 0.250. The second-order valence-corrected chi connectivity index (χ2v) is 3.07. The zero-order valence-corrected chi connectivity index (χ0v) is 9.40. The third-order valence-electron chi connectivity index (χ3n) is 1.71. The van der Waals surface area contributed by atoms with Crippen molar-refractivity contribution in [2.24, 2.45) is 5.73 Å². The Morgan fingerprint density at radius 1 is 1.47 bits per heavy atom. The first-order chi connectivity index (χ1) is 8.13. The van der Waals surface area contributed by atoms with E-state index in [9.17, 15) is 9.59 Å². The van der Waals surface area contributed by atoms with Crippen molar-refractivity contribution < 1.29 is 14.3 Å². The highest BCUT2D eigenvalue weighted by atomic mass is 16.5. The van der Waals surface area contributed by atoms with Crippen LogP contribution >= 0.6 is 0 Å². The molecule has 0 unspecified atom stereocenters. The molecule has 88 valence electrons. The third kappa shape index (κ3) is 4.34. The zero-order chi connectivity index (χ0) is 12.7. The first kappa shape index (κ1) is 12.7. The molecular formula is C12H12N2O3. The van der Waals surface area contributed by atoms with Crippen molar-refractivity contribution >= 4 is 11.9 Å². The Morgan fingerprint density at radius 2 is 2.24 bits per heavy atom. The molecule has 0 bridgehead atoms. The summed E-state index contributed by atoms with van der Waals surface area (Å²) in [6.45, 7) is 2.01. The number of rotatable bonds is 3. The molecule has 0 spiro atoms. The molecule has 0 saturated carbocycles. The van der Waals surface area contributed by atoms with E-state index in [4.69, 9.17) is 10.5 Å². The summed E-state index contributed by atoms with van der Waals surface area (Å²) in [6.07, 6.45) is -0.0364. The van der Waals surface area contributed by atoms with Crippen LogP contribution in [0.4, 0.5) is 0 Å². The normalized spacial score (nSPS) is 9.00. The summed E-state index contributed by atoms with van der Waals surface area (Å²) < 4.78 is 4.80. The number of aromatic nitrogens is 1. The van der Waals surface area contributed by atoms with Gasteiger partial charge in [0.05, 0.1) is 13.0 Å². The van der Waals surface area contributed by atoms with Crippen molar-refractivity contribution in [2.75, 3.05) is 6.61 Å². The van der Waals surface area contributed by atoms with Crippen LogP contribution in [0.15, 0.2) is 18.2 Å². The van der Waals surface area contributed by atoms with E-state index in [1.54, 1.807) is 19.1 Å². The molecule has 2 N–H and O–H groups in total. The van der Waals surface area contributed by atoms with Crippen LogP contribution in [0.2, 0.25) is 0 Å². The molecule has 1 aromatic heterocycles. The summed E-state index contributed by atoms with van der Waals surface area (Å²) in [5, 5.41) is 0. The average molecular weight is 232 g/mol. The van der Waals surface area contributed by atoms with Crippen LogP contribution in [-0.4, -0.2) is 23.5 Å². The molecule has 5 nitrogen and oxygen atoms in total. The van der Waals surface area contributed by atoms with Gasteiger partial charge in [-0.3, -0.25) is 4.79 Å².